The van der Waals surface area contributed by atoms with Gasteiger partial charge in [0.1, 0.15) is 0 Å². The zero-order valence-corrected chi connectivity index (χ0v) is 10.3. The van der Waals surface area contributed by atoms with E-state index in [2.05, 4.69) is 0 Å². The van der Waals surface area contributed by atoms with E-state index in [9.17, 15) is 0 Å². The highest BCUT2D eigenvalue weighted by Crippen LogP contribution is 2.36. The second kappa shape index (κ2) is 5.13. The van der Waals surface area contributed by atoms with Crippen molar-refractivity contribution >= 4 is 29.1 Å². The van der Waals surface area contributed by atoms with Gasteiger partial charge in [0.05, 0.1) is 0 Å². The molecular formula is C12H16ClNS. The Morgan fingerprint density at radius 2 is 1.93 bits per heavy atom. The van der Waals surface area contributed by atoms with Crippen LogP contribution in [0.3, 0.4) is 0 Å². The van der Waals surface area contributed by atoms with Gasteiger partial charge >= 0.3 is 0 Å². The van der Waals surface area contributed by atoms with E-state index in [0.717, 1.165) is 16.0 Å². The summed E-state index contributed by atoms with van der Waals surface area (Å²) in [7, 11) is 0. The quantitative estimate of drug-likeness (QED) is 0.780. The van der Waals surface area contributed by atoms with Gasteiger partial charge in [-0.15, -0.1) is 11.8 Å². The van der Waals surface area contributed by atoms with Crippen LogP contribution >= 0.6 is 23.4 Å². The van der Waals surface area contributed by atoms with E-state index in [1.807, 2.05) is 30.0 Å². The van der Waals surface area contributed by atoms with Gasteiger partial charge in [-0.1, -0.05) is 30.9 Å². The van der Waals surface area contributed by atoms with Crippen LogP contribution in [0.4, 0.5) is 5.69 Å². The lowest BCUT2D eigenvalue weighted by Crippen LogP contribution is -2.08. The summed E-state index contributed by atoms with van der Waals surface area (Å²) in [6.07, 6.45) is 6.78. The Hall–Kier alpha value is -0.340. The molecule has 0 unspecified atom stereocenters. The molecule has 2 N–H and O–H groups in total. The predicted octanol–water partition coefficient (Wildman–Crippen LogP) is 4.35. The third kappa shape index (κ3) is 3.05. The molecular weight excluding hydrogens is 226 g/mol. The number of nitrogens with two attached hydrogens (primary N) is 1. The molecule has 1 aromatic carbocycles. The van der Waals surface area contributed by atoms with Crippen molar-refractivity contribution in [1.82, 2.24) is 0 Å². The highest BCUT2D eigenvalue weighted by Gasteiger charge is 2.15. The van der Waals surface area contributed by atoms with Crippen LogP contribution in [0, 0.1) is 0 Å². The summed E-state index contributed by atoms with van der Waals surface area (Å²) >= 11 is 7.79. The maximum atomic E-state index is 5.93. The van der Waals surface area contributed by atoms with Gasteiger partial charge < -0.3 is 5.73 Å². The normalized spacial score (nSPS) is 17.9. The molecule has 1 aliphatic rings. The molecule has 0 heterocycles. The fourth-order valence-electron chi connectivity index (χ4n) is 1.99. The molecule has 0 aromatic heterocycles. The summed E-state index contributed by atoms with van der Waals surface area (Å²) < 4.78 is 0. The van der Waals surface area contributed by atoms with Gasteiger partial charge in [0.15, 0.2) is 0 Å². The lowest BCUT2D eigenvalue weighted by Gasteiger charge is -2.21. The zero-order chi connectivity index (χ0) is 10.7. The number of hydrogen-bond donors (Lipinski definition) is 1. The summed E-state index contributed by atoms with van der Waals surface area (Å²) in [4.78, 5) is 1.19. The number of anilines is 1. The largest absolute Gasteiger partial charge is 0.398 e. The SMILES string of the molecule is Nc1cc(Cl)ccc1SC1CCCCC1. The average molecular weight is 242 g/mol. The molecule has 0 aliphatic heterocycles. The predicted molar refractivity (Wildman–Crippen MR) is 68.6 cm³/mol. The molecule has 1 saturated carbocycles. The van der Waals surface area contributed by atoms with E-state index in [1.54, 1.807) is 0 Å². The second-order valence-corrected chi connectivity index (χ2v) is 5.84. The molecule has 0 saturated heterocycles. The molecule has 2 rings (SSSR count). The third-order valence-electron chi connectivity index (χ3n) is 2.82. The highest BCUT2D eigenvalue weighted by molar-refractivity contribution is 8.00. The van der Waals surface area contributed by atoms with Crippen LogP contribution in [-0.2, 0) is 0 Å². The Kier molecular flexibility index (Phi) is 3.81. The Balaban J connectivity index is 2.03. The van der Waals surface area contributed by atoms with Crippen molar-refractivity contribution in [2.75, 3.05) is 5.73 Å². The standard InChI is InChI=1S/C12H16ClNS/c13-9-6-7-12(11(14)8-9)15-10-4-2-1-3-5-10/h6-8,10H,1-5,14H2. The Morgan fingerprint density at radius 1 is 1.20 bits per heavy atom. The molecule has 0 bridgehead atoms. The van der Waals surface area contributed by atoms with Crippen LogP contribution in [0.5, 0.6) is 0 Å². The van der Waals surface area contributed by atoms with Crippen molar-refractivity contribution in [3.05, 3.63) is 23.2 Å². The monoisotopic (exact) mass is 241 g/mol. The second-order valence-electron chi connectivity index (χ2n) is 4.06. The Bertz CT molecular complexity index is 334. The lowest BCUT2D eigenvalue weighted by atomic mass is 10.0. The van der Waals surface area contributed by atoms with Gasteiger partial charge in [0, 0.05) is 20.9 Å². The van der Waals surface area contributed by atoms with Crippen LogP contribution in [0.2, 0.25) is 5.02 Å². The summed E-state index contributed by atoms with van der Waals surface area (Å²) in [6.45, 7) is 0. The van der Waals surface area contributed by atoms with E-state index in [0.29, 0.717) is 0 Å². The van der Waals surface area contributed by atoms with Crippen LogP contribution < -0.4 is 5.73 Å². The van der Waals surface area contributed by atoms with Gasteiger partial charge in [-0.2, -0.15) is 0 Å². The number of nitrogen functional groups attached to an aromatic ring is 1. The average Bonchev–Trinajstić information content (AvgIpc) is 2.24. The molecule has 1 nitrogen and oxygen atoms in total. The molecule has 1 aliphatic carbocycles. The number of rotatable bonds is 2. The maximum Gasteiger partial charge on any atom is 0.0467 e. The first-order chi connectivity index (χ1) is 7.25. The fraction of sp³-hybridized carbons (Fsp3) is 0.500. The van der Waals surface area contributed by atoms with E-state index >= 15 is 0 Å². The number of thioether (sulfide) groups is 1. The van der Waals surface area contributed by atoms with Crippen molar-refractivity contribution in [1.29, 1.82) is 0 Å². The Labute approximate surface area is 100 Å². The fourth-order valence-corrected chi connectivity index (χ4v) is 3.44. The summed E-state index contributed by atoms with van der Waals surface area (Å²) in [6, 6.07) is 5.80. The first-order valence-electron chi connectivity index (χ1n) is 5.47. The molecule has 0 amide bonds. The number of benzene rings is 1. The Morgan fingerprint density at radius 3 is 2.60 bits per heavy atom. The molecule has 0 spiro atoms. The minimum absolute atomic E-state index is 0.723. The van der Waals surface area contributed by atoms with Crippen molar-refractivity contribution < 1.29 is 0 Å². The van der Waals surface area contributed by atoms with Gasteiger partial charge in [-0.3, -0.25) is 0 Å². The van der Waals surface area contributed by atoms with Crippen LogP contribution in [0.25, 0.3) is 0 Å². The molecule has 3 heteroatoms. The summed E-state index contributed by atoms with van der Waals surface area (Å²) in [5.74, 6) is 0. The molecule has 15 heavy (non-hydrogen) atoms. The van der Waals surface area contributed by atoms with Crippen molar-refractivity contribution in [3.63, 3.8) is 0 Å². The van der Waals surface area contributed by atoms with Gasteiger partial charge in [0.2, 0.25) is 0 Å². The van der Waals surface area contributed by atoms with Crippen molar-refractivity contribution in [2.45, 2.75) is 42.2 Å². The molecule has 1 aromatic rings. The van der Waals surface area contributed by atoms with Crippen LogP contribution in [0.1, 0.15) is 32.1 Å². The first kappa shape index (κ1) is 11.2. The highest BCUT2D eigenvalue weighted by atomic mass is 35.5. The molecule has 0 atom stereocenters. The maximum absolute atomic E-state index is 5.93. The minimum atomic E-state index is 0.723. The minimum Gasteiger partial charge on any atom is -0.398 e. The first-order valence-corrected chi connectivity index (χ1v) is 6.73. The van der Waals surface area contributed by atoms with E-state index in [-0.39, 0.29) is 0 Å². The third-order valence-corrected chi connectivity index (χ3v) is 4.48. The molecule has 82 valence electrons. The van der Waals surface area contributed by atoms with Gasteiger partial charge in [-0.25, -0.2) is 0 Å². The smallest absolute Gasteiger partial charge is 0.0467 e. The number of halogens is 1. The summed E-state index contributed by atoms with van der Waals surface area (Å²) in [5.41, 5.74) is 6.75. The number of hydrogen-bond acceptors (Lipinski definition) is 2. The summed E-state index contributed by atoms with van der Waals surface area (Å²) in [5, 5.41) is 1.47. The lowest BCUT2D eigenvalue weighted by molar-refractivity contribution is 0.516. The van der Waals surface area contributed by atoms with E-state index in [1.165, 1.54) is 37.0 Å². The molecule has 0 radical (unpaired) electrons. The van der Waals surface area contributed by atoms with E-state index in [4.69, 9.17) is 17.3 Å². The van der Waals surface area contributed by atoms with Crippen LogP contribution in [0.15, 0.2) is 23.1 Å². The van der Waals surface area contributed by atoms with Crippen molar-refractivity contribution in [2.24, 2.45) is 0 Å². The van der Waals surface area contributed by atoms with Crippen molar-refractivity contribution in [3.8, 4) is 0 Å². The topological polar surface area (TPSA) is 26.0 Å². The van der Waals surface area contributed by atoms with Gasteiger partial charge in [-0.05, 0) is 31.0 Å². The van der Waals surface area contributed by atoms with Gasteiger partial charge in [0.25, 0.3) is 0 Å². The molecule has 1 fully saturated rings. The zero-order valence-electron chi connectivity index (χ0n) is 8.71. The van der Waals surface area contributed by atoms with E-state index < -0.39 is 0 Å². The van der Waals surface area contributed by atoms with Crippen LogP contribution in [-0.4, -0.2) is 5.25 Å².